The van der Waals surface area contributed by atoms with Gasteiger partial charge in [0.1, 0.15) is 5.15 Å². The van der Waals surface area contributed by atoms with Gasteiger partial charge in [0, 0.05) is 12.1 Å². The first-order valence-corrected chi connectivity index (χ1v) is 6.31. The predicted octanol–water partition coefficient (Wildman–Crippen LogP) is 3.88. The molecule has 0 N–H and O–H groups in total. The van der Waals surface area contributed by atoms with Crippen molar-refractivity contribution in [2.24, 2.45) is 5.92 Å². The molecular formula is C11H18Cl2N2. The number of hydrogen-bond donors (Lipinski definition) is 0. The summed E-state index contributed by atoms with van der Waals surface area (Å²) in [6.07, 6.45) is 2.02. The Hall–Kier alpha value is -0.210. The predicted molar refractivity (Wildman–Crippen MR) is 65.6 cm³/mol. The summed E-state index contributed by atoms with van der Waals surface area (Å²) in [5.41, 5.74) is 2.05. The van der Waals surface area contributed by atoms with E-state index in [2.05, 4.69) is 25.9 Å². The van der Waals surface area contributed by atoms with Crippen molar-refractivity contribution in [3.63, 3.8) is 0 Å². The molecule has 0 fully saturated rings. The molecule has 1 heterocycles. The van der Waals surface area contributed by atoms with Gasteiger partial charge in [0.15, 0.2) is 0 Å². The summed E-state index contributed by atoms with van der Waals surface area (Å²) in [4.78, 5) is 0. The van der Waals surface area contributed by atoms with Crippen molar-refractivity contribution in [3.05, 3.63) is 16.4 Å². The molecule has 0 aliphatic carbocycles. The van der Waals surface area contributed by atoms with Crippen molar-refractivity contribution in [1.82, 2.24) is 9.78 Å². The van der Waals surface area contributed by atoms with Crippen LogP contribution in [0.5, 0.6) is 0 Å². The molecule has 4 heteroatoms. The van der Waals surface area contributed by atoms with E-state index in [9.17, 15) is 0 Å². The van der Waals surface area contributed by atoms with Gasteiger partial charge < -0.3 is 0 Å². The quantitative estimate of drug-likeness (QED) is 0.724. The van der Waals surface area contributed by atoms with Crippen molar-refractivity contribution in [2.45, 2.75) is 46.0 Å². The fourth-order valence-electron chi connectivity index (χ4n) is 1.56. The third kappa shape index (κ3) is 3.12. The van der Waals surface area contributed by atoms with Crippen LogP contribution in [0.4, 0.5) is 0 Å². The number of nitrogens with zero attached hydrogens (tertiary/aromatic N) is 2. The van der Waals surface area contributed by atoms with Crippen molar-refractivity contribution >= 4 is 23.2 Å². The molecule has 0 atom stereocenters. The van der Waals surface area contributed by atoms with E-state index in [0.29, 0.717) is 17.0 Å². The fourth-order valence-corrected chi connectivity index (χ4v) is 2.19. The molecule has 15 heavy (non-hydrogen) atoms. The van der Waals surface area contributed by atoms with Crippen LogP contribution in [0, 0.1) is 5.92 Å². The molecule has 0 saturated heterocycles. The highest BCUT2D eigenvalue weighted by Gasteiger charge is 2.15. The molecule has 0 aliphatic heterocycles. The molecule has 0 saturated carbocycles. The van der Waals surface area contributed by atoms with Gasteiger partial charge in [-0.05, 0) is 12.3 Å². The number of halogens is 2. The van der Waals surface area contributed by atoms with Crippen LogP contribution in [0.15, 0.2) is 0 Å². The minimum atomic E-state index is 0.451. The van der Waals surface area contributed by atoms with Crippen LogP contribution in [0.2, 0.25) is 5.15 Å². The molecule has 2 nitrogen and oxygen atoms in total. The number of rotatable bonds is 5. The topological polar surface area (TPSA) is 17.8 Å². The molecule has 1 aromatic rings. The second-order valence-electron chi connectivity index (χ2n) is 4.18. The van der Waals surface area contributed by atoms with Crippen molar-refractivity contribution < 1.29 is 0 Å². The zero-order chi connectivity index (χ0) is 11.4. The van der Waals surface area contributed by atoms with E-state index in [1.165, 1.54) is 0 Å². The summed E-state index contributed by atoms with van der Waals surface area (Å²) in [5.74, 6) is 0.992. The van der Waals surface area contributed by atoms with Gasteiger partial charge in [-0.1, -0.05) is 38.8 Å². The lowest BCUT2D eigenvalue weighted by Gasteiger charge is -2.05. The van der Waals surface area contributed by atoms with Gasteiger partial charge in [0.2, 0.25) is 0 Å². The highest BCUT2D eigenvalue weighted by Crippen LogP contribution is 2.23. The molecule has 0 bridgehead atoms. The Balaban J connectivity index is 2.98. The van der Waals surface area contributed by atoms with Crippen molar-refractivity contribution in [1.29, 1.82) is 0 Å². The van der Waals surface area contributed by atoms with E-state index in [4.69, 9.17) is 23.2 Å². The number of alkyl halides is 1. The van der Waals surface area contributed by atoms with Gasteiger partial charge in [0.05, 0.1) is 11.6 Å². The summed E-state index contributed by atoms with van der Waals surface area (Å²) in [6, 6.07) is 0. The molecule has 0 aromatic carbocycles. The summed E-state index contributed by atoms with van der Waals surface area (Å²) in [6.45, 7) is 7.29. The molecule has 0 amide bonds. The van der Waals surface area contributed by atoms with Gasteiger partial charge in [-0.25, -0.2) is 0 Å². The lowest BCUT2D eigenvalue weighted by atomic mass is 10.2. The van der Waals surface area contributed by atoms with Crippen LogP contribution >= 0.6 is 23.2 Å². The minimum absolute atomic E-state index is 0.451. The SMILES string of the molecule is CCCc1nn(CC(C)C)c(Cl)c1CCl. The number of hydrogen-bond acceptors (Lipinski definition) is 1. The van der Waals surface area contributed by atoms with Gasteiger partial charge in [-0.15, -0.1) is 11.6 Å². The van der Waals surface area contributed by atoms with Crippen LogP contribution < -0.4 is 0 Å². The summed E-state index contributed by atoms with van der Waals surface area (Å²) < 4.78 is 1.87. The van der Waals surface area contributed by atoms with E-state index in [1.54, 1.807) is 0 Å². The third-order valence-electron chi connectivity index (χ3n) is 2.22. The Labute approximate surface area is 102 Å². The zero-order valence-corrected chi connectivity index (χ0v) is 11.1. The first-order valence-electron chi connectivity index (χ1n) is 5.40. The van der Waals surface area contributed by atoms with Gasteiger partial charge in [-0.2, -0.15) is 5.10 Å². The number of aromatic nitrogens is 2. The zero-order valence-electron chi connectivity index (χ0n) is 9.56. The van der Waals surface area contributed by atoms with Crippen LogP contribution in [0.3, 0.4) is 0 Å². The van der Waals surface area contributed by atoms with Crippen LogP contribution in [0.1, 0.15) is 38.4 Å². The third-order valence-corrected chi connectivity index (χ3v) is 2.91. The summed E-state index contributed by atoms with van der Waals surface area (Å²) in [7, 11) is 0. The van der Waals surface area contributed by atoms with Gasteiger partial charge in [-0.3, -0.25) is 4.68 Å². The van der Waals surface area contributed by atoms with Gasteiger partial charge >= 0.3 is 0 Å². The summed E-state index contributed by atoms with van der Waals surface area (Å²) >= 11 is 12.1. The fraction of sp³-hybridized carbons (Fsp3) is 0.727. The lowest BCUT2D eigenvalue weighted by Crippen LogP contribution is -2.06. The first-order chi connectivity index (χ1) is 7.10. The maximum absolute atomic E-state index is 6.23. The Bertz CT molecular complexity index is 319. The summed E-state index contributed by atoms with van der Waals surface area (Å²) in [5, 5.41) is 5.22. The Morgan fingerprint density at radius 2 is 2.07 bits per heavy atom. The Morgan fingerprint density at radius 3 is 2.53 bits per heavy atom. The smallest absolute Gasteiger partial charge is 0.131 e. The monoisotopic (exact) mass is 248 g/mol. The van der Waals surface area contributed by atoms with E-state index in [0.717, 1.165) is 30.6 Å². The second kappa shape index (κ2) is 5.76. The molecule has 0 radical (unpaired) electrons. The highest BCUT2D eigenvalue weighted by molar-refractivity contribution is 6.31. The van der Waals surface area contributed by atoms with E-state index < -0.39 is 0 Å². The van der Waals surface area contributed by atoms with E-state index >= 15 is 0 Å². The maximum atomic E-state index is 6.23. The molecule has 1 rings (SSSR count). The lowest BCUT2D eigenvalue weighted by molar-refractivity contribution is 0.480. The molecule has 0 spiro atoms. The molecular weight excluding hydrogens is 231 g/mol. The van der Waals surface area contributed by atoms with Crippen molar-refractivity contribution in [3.8, 4) is 0 Å². The van der Waals surface area contributed by atoms with Crippen LogP contribution in [-0.2, 0) is 18.8 Å². The standard InChI is InChI=1S/C11H18Cl2N2/c1-4-5-10-9(6-12)11(13)15(14-10)7-8(2)3/h8H,4-7H2,1-3H3. The highest BCUT2D eigenvalue weighted by atomic mass is 35.5. The molecule has 86 valence electrons. The average molecular weight is 249 g/mol. The number of aryl methyl sites for hydroxylation is 1. The minimum Gasteiger partial charge on any atom is -0.253 e. The largest absolute Gasteiger partial charge is 0.253 e. The van der Waals surface area contributed by atoms with Crippen LogP contribution in [-0.4, -0.2) is 9.78 Å². The molecule has 0 unspecified atom stereocenters. The second-order valence-corrected chi connectivity index (χ2v) is 4.80. The Kier molecular flexibility index (Phi) is 4.94. The first kappa shape index (κ1) is 12.9. The Morgan fingerprint density at radius 1 is 1.40 bits per heavy atom. The maximum Gasteiger partial charge on any atom is 0.131 e. The normalized spacial score (nSPS) is 11.3. The van der Waals surface area contributed by atoms with E-state index in [-0.39, 0.29) is 0 Å². The van der Waals surface area contributed by atoms with Crippen molar-refractivity contribution in [2.75, 3.05) is 0 Å². The molecule has 0 aliphatic rings. The van der Waals surface area contributed by atoms with Crippen LogP contribution in [0.25, 0.3) is 0 Å². The van der Waals surface area contributed by atoms with Gasteiger partial charge in [0.25, 0.3) is 0 Å². The average Bonchev–Trinajstić information content (AvgIpc) is 2.43. The van der Waals surface area contributed by atoms with E-state index in [1.807, 2.05) is 4.68 Å². The molecule has 1 aromatic heterocycles.